The lowest BCUT2D eigenvalue weighted by atomic mass is 10.1. The highest BCUT2D eigenvalue weighted by atomic mass is 16.6. The molecule has 2 heterocycles. The summed E-state index contributed by atoms with van der Waals surface area (Å²) in [4.78, 5) is 70.4. The molecule has 1 fully saturated rings. The second kappa shape index (κ2) is 9.96. The normalized spacial score (nSPS) is 23.7. The van der Waals surface area contributed by atoms with Crippen LogP contribution in [-0.2, 0) is 23.9 Å². The third kappa shape index (κ3) is 5.97. The van der Waals surface area contributed by atoms with Gasteiger partial charge in [-0.25, -0.2) is 9.59 Å². The highest BCUT2D eigenvalue weighted by molar-refractivity contribution is 5.87. The zero-order chi connectivity index (χ0) is 23.3. The van der Waals surface area contributed by atoms with Crippen molar-refractivity contribution in [3.05, 3.63) is 33.1 Å². The Hall–Kier alpha value is -3.56. The Morgan fingerprint density at radius 2 is 1.84 bits per heavy atom. The number of rotatable bonds is 9. The summed E-state index contributed by atoms with van der Waals surface area (Å²) < 4.78 is 6.02. The van der Waals surface area contributed by atoms with Crippen LogP contribution in [0.3, 0.4) is 0 Å². The summed E-state index contributed by atoms with van der Waals surface area (Å²) in [5, 5.41) is 41.9. The maximum absolute atomic E-state index is 12.2. The minimum absolute atomic E-state index is 0.323. The topological polar surface area (TPSA) is 237 Å². The second-order valence-electron chi connectivity index (χ2n) is 6.54. The lowest BCUT2D eigenvalue weighted by molar-refractivity contribution is -0.147. The fourth-order valence-electron chi connectivity index (χ4n) is 2.77. The molecule has 0 saturated carbocycles. The lowest BCUT2D eigenvalue weighted by Gasteiger charge is -2.16. The number of aliphatic hydroxyl groups is 2. The quantitative estimate of drug-likeness (QED) is 0.192. The maximum atomic E-state index is 12.2. The van der Waals surface area contributed by atoms with Crippen LogP contribution in [-0.4, -0.2) is 84.6 Å². The van der Waals surface area contributed by atoms with E-state index >= 15 is 0 Å². The average Bonchev–Trinajstić information content (AvgIpc) is 2.96. The summed E-state index contributed by atoms with van der Waals surface area (Å²) in [5.41, 5.74) is -1.63. The standard InChI is InChI=1S/C16H20N4O11/c21-7(18-6(15(28)29)5-9(23)24)1-3-17-13(27)12-10(25)11(26)14(31-12)20-4-2-8(22)19-16(20)30/h2,4,6,10-12,14,25-26H,1,3,5H2,(H,17,27)(H,18,21)(H,23,24)(H,28,29)(H,19,22,30)/t6?,10-,11+,12-,14+/m0/s1. The fraction of sp³-hybridized carbons (Fsp3) is 0.500. The van der Waals surface area contributed by atoms with E-state index in [-0.39, 0.29) is 6.54 Å². The Labute approximate surface area is 172 Å². The minimum Gasteiger partial charge on any atom is -0.481 e. The summed E-state index contributed by atoms with van der Waals surface area (Å²) in [6.45, 7) is -0.323. The number of aliphatic carboxylic acids is 2. The first-order valence-electron chi connectivity index (χ1n) is 8.86. The molecule has 15 nitrogen and oxygen atoms in total. The van der Waals surface area contributed by atoms with Crippen LogP contribution in [0.5, 0.6) is 0 Å². The number of hydrogen-bond donors (Lipinski definition) is 7. The van der Waals surface area contributed by atoms with Gasteiger partial charge in [0.15, 0.2) is 12.3 Å². The largest absolute Gasteiger partial charge is 0.481 e. The number of amides is 2. The van der Waals surface area contributed by atoms with Crippen molar-refractivity contribution in [1.29, 1.82) is 0 Å². The van der Waals surface area contributed by atoms with E-state index < -0.39 is 78.4 Å². The first-order valence-corrected chi connectivity index (χ1v) is 8.86. The van der Waals surface area contributed by atoms with Gasteiger partial charge in [0.25, 0.3) is 11.5 Å². The van der Waals surface area contributed by atoms with Crippen molar-refractivity contribution in [2.45, 2.75) is 43.4 Å². The van der Waals surface area contributed by atoms with Crippen LogP contribution < -0.4 is 21.9 Å². The second-order valence-corrected chi connectivity index (χ2v) is 6.54. The van der Waals surface area contributed by atoms with E-state index in [9.17, 15) is 39.0 Å². The molecule has 15 heteroatoms. The molecule has 2 amide bonds. The van der Waals surface area contributed by atoms with E-state index in [1.807, 2.05) is 10.3 Å². The predicted octanol–water partition coefficient (Wildman–Crippen LogP) is -4.29. The van der Waals surface area contributed by atoms with Gasteiger partial charge >= 0.3 is 17.6 Å². The molecule has 1 aromatic rings. The summed E-state index contributed by atoms with van der Waals surface area (Å²) in [6, 6.07) is -0.669. The van der Waals surface area contributed by atoms with Gasteiger partial charge in [-0.2, -0.15) is 0 Å². The summed E-state index contributed by atoms with van der Waals surface area (Å²) in [7, 11) is 0. The third-order valence-corrected chi connectivity index (χ3v) is 4.29. The van der Waals surface area contributed by atoms with Crippen molar-refractivity contribution in [3.8, 4) is 0 Å². The van der Waals surface area contributed by atoms with E-state index in [1.165, 1.54) is 0 Å². The van der Waals surface area contributed by atoms with Gasteiger partial charge in [0, 0.05) is 25.2 Å². The highest BCUT2D eigenvalue weighted by Gasteiger charge is 2.47. The molecular formula is C16H20N4O11. The molecule has 1 unspecified atom stereocenters. The molecular weight excluding hydrogens is 424 g/mol. The van der Waals surface area contributed by atoms with E-state index in [0.29, 0.717) is 0 Å². The van der Waals surface area contributed by atoms with Gasteiger partial charge in [-0.05, 0) is 0 Å². The van der Waals surface area contributed by atoms with E-state index in [4.69, 9.17) is 14.9 Å². The number of carbonyl (C=O) groups excluding carboxylic acids is 2. The van der Waals surface area contributed by atoms with E-state index in [1.54, 1.807) is 0 Å². The van der Waals surface area contributed by atoms with Crippen molar-refractivity contribution in [2.24, 2.45) is 0 Å². The molecule has 1 aromatic heterocycles. The molecule has 1 saturated heterocycles. The highest BCUT2D eigenvalue weighted by Crippen LogP contribution is 2.28. The third-order valence-electron chi connectivity index (χ3n) is 4.29. The van der Waals surface area contributed by atoms with Crippen LogP contribution in [0.4, 0.5) is 0 Å². The molecule has 0 aliphatic carbocycles. The molecule has 0 spiro atoms. The van der Waals surface area contributed by atoms with Crippen LogP contribution >= 0.6 is 0 Å². The van der Waals surface area contributed by atoms with Crippen LogP contribution in [0, 0.1) is 0 Å². The van der Waals surface area contributed by atoms with Crippen molar-refractivity contribution >= 4 is 23.8 Å². The van der Waals surface area contributed by atoms with Crippen LogP contribution in [0.2, 0.25) is 0 Å². The number of hydrogen-bond acceptors (Lipinski definition) is 9. The Morgan fingerprint density at radius 1 is 1.16 bits per heavy atom. The van der Waals surface area contributed by atoms with Crippen LogP contribution in [0.15, 0.2) is 21.9 Å². The summed E-state index contributed by atoms with van der Waals surface area (Å²) in [6.07, 6.45) is -6.73. The Balaban J connectivity index is 1.91. The van der Waals surface area contributed by atoms with Gasteiger partial charge in [0.1, 0.15) is 18.2 Å². The number of aromatic nitrogens is 2. The molecule has 7 N–H and O–H groups in total. The molecule has 0 radical (unpaired) electrons. The molecule has 0 bridgehead atoms. The number of carbonyl (C=O) groups is 4. The molecule has 0 aromatic carbocycles. The molecule has 5 atom stereocenters. The Bertz CT molecular complexity index is 971. The number of nitrogens with one attached hydrogen (secondary N) is 3. The van der Waals surface area contributed by atoms with Gasteiger partial charge < -0.3 is 35.8 Å². The number of aliphatic hydroxyl groups excluding tert-OH is 2. The zero-order valence-corrected chi connectivity index (χ0v) is 15.8. The lowest BCUT2D eigenvalue weighted by Crippen LogP contribution is -2.45. The van der Waals surface area contributed by atoms with Crippen molar-refractivity contribution in [3.63, 3.8) is 0 Å². The van der Waals surface area contributed by atoms with Gasteiger partial charge in [-0.1, -0.05) is 0 Å². The number of nitrogens with zero attached hydrogens (tertiary/aromatic N) is 1. The number of carboxylic acids is 2. The van der Waals surface area contributed by atoms with Crippen molar-refractivity contribution < 1.29 is 44.3 Å². The predicted molar refractivity (Wildman–Crippen MR) is 96.7 cm³/mol. The van der Waals surface area contributed by atoms with E-state index in [2.05, 4.69) is 5.32 Å². The number of aromatic amines is 1. The van der Waals surface area contributed by atoms with E-state index in [0.717, 1.165) is 16.8 Å². The molecule has 1 aliphatic rings. The van der Waals surface area contributed by atoms with Gasteiger partial charge in [-0.15, -0.1) is 0 Å². The first kappa shape index (κ1) is 23.7. The Kier molecular flexibility index (Phi) is 7.62. The van der Waals surface area contributed by atoms with Gasteiger partial charge in [0.05, 0.1) is 6.42 Å². The molecule has 31 heavy (non-hydrogen) atoms. The van der Waals surface area contributed by atoms with Crippen LogP contribution in [0.1, 0.15) is 19.1 Å². The van der Waals surface area contributed by atoms with Crippen molar-refractivity contribution in [1.82, 2.24) is 20.2 Å². The zero-order valence-electron chi connectivity index (χ0n) is 15.8. The maximum Gasteiger partial charge on any atom is 0.330 e. The number of H-pyrrole nitrogens is 1. The minimum atomic E-state index is -1.73. The SMILES string of the molecule is O=C(O)CC(NC(=O)CCNC(=O)[C@H]1O[C@@H](n2ccc(=O)[nH]c2=O)[C@H](O)[C@@H]1O)C(=O)O. The summed E-state index contributed by atoms with van der Waals surface area (Å²) >= 11 is 0. The Morgan fingerprint density at radius 3 is 2.42 bits per heavy atom. The summed E-state index contributed by atoms with van der Waals surface area (Å²) in [5.74, 6) is -4.75. The van der Waals surface area contributed by atoms with Gasteiger partial charge in [0.2, 0.25) is 5.91 Å². The molecule has 2 rings (SSSR count). The smallest absolute Gasteiger partial charge is 0.330 e. The fourth-order valence-corrected chi connectivity index (χ4v) is 2.77. The molecule has 170 valence electrons. The average molecular weight is 444 g/mol. The van der Waals surface area contributed by atoms with Crippen molar-refractivity contribution in [2.75, 3.05) is 6.54 Å². The van der Waals surface area contributed by atoms with Crippen LogP contribution in [0.25, 0.3) is 0 Å². The van der Waals surface area contributed by atoms with Gasteiger partial charge in [-0.3, -0.25) is 28.7 Å². The molecule has 1 aliphatic heterocycles. The monoisotopic (exact) mass is 444 g/mol. The number of carboxylic acid groups (broad SMARTS) is 2. The first-order chi connectivity index (χ1) is 14.5. The number of ether oxygens (including phenoxy) is 1.